The molecule has 0 unspecified atom stereocenters. The third-order valence-corrected chi connectivity index (χ3v) is 5.27. The largest absolute Gasteiger partial charge is 0.354 e. The number of rotatable bonds is 4. The second-order valence-corrected chi connectivity index (χ2v) is 7.61. The average molecular weight is 308 g/mol. The minimum Gasteiger partial charge on any atom is -0.354 e. The van der Waals surface area contributed by atoms with Gasteiger partial charge in [0.25, 0.3) is 0 Å². The summed E-state index contributed by atoms with van der Waals surface area (Å²) in [4.78, 5) is 9.95. The van der Waals surface area contributed by atoms with Gasteiger partial charge in [-0.05, 0) is 44.4 Å². The van der Waals surface area contributed by atoms with Crippen molar-refractivity contribution in [3.63, 3.8) is 0 Å². The van der Waals surface area contributed by atoms with Gasteiger partial charge in [0.1, 0.15) is 5.01 Å². The Morgan fingerprint density at radius 2 is 2.10 bits per heavy atom. The van der Waals surface area contributed by atoms with Gasteiger partial charge in [-0.25, -0.2) is 4.98 Å². The van der Waals surface area contributed by atoms with Crippen molar-refractivity contribution in [2.75, 3.05) is 7.05 Å². The zero-order valence-electron chi connectivity index (χ0n) is 13.6. The first-order valence-electron chi connectivity index (χ1n) is 7.97. The van der Waals surface area contributed by atoms with E-state index in [0.29, 0.717) is 6.04 Å². The number of aryl methyl sites for hydroxylation is 1. The third-order valence-electron chi connectivity index (χ3n) is 4.36. The summed E-state index contributed by atoms with van der Waals surface area (Å²) in [7, 11) is 1.84. The Morgan fingerprint density at radius 3 is 2.62 bits per heavy atom. The number of hydrogen-bond acceptors (Lipinski definition) is 3. The first-order chi connectivity index (χ1) is 10.1. The monoisotopic (exact) mass is 308 g/mol. The van der Waals surface area contributed by atoms with E-state index in [2.05, 4.69) is 41.4 Å². The molecule has 118 valence electrons. The Hall–Kier alpha value is -1.10. The molecule has 21 heavy (non-hydrogen) atoms. The molecule has 2 N–H and O–H groups in total. The Kier molecular flexibility index (Phi) is 6.03. The van der Waals surface area contributed by atoms with Crippen molar-refractivity contribution in [3.8, 4) is 0 Å². The van der Waals surface area contributed by atoms with E-state index in [9.17, 15) is 0 Å². The second kappa shape index (κ2) is 7.78. The van der Waals surface area contributed by atoms with E-state index >= 15 is 0 Å². The van der Waals surface area contributed by atoms with Crippen LogP contribution in [0.25, 0.3) is 0 Å². The molecule has 1 aliphatic carbocycles. The van der Waals surface area contributed by atoms with Crippen molar-refractivity contribution in [1.82, 2.24) is 15.6 Å². The molecule has 5 heteroatoms. The number of hydrogen-bond donors (Lipinski definition) is 2. The van der Waals surface area contributed by atoms with E-state index in [1.54, 1.807) is 11.3 Å². The van der Waals surface area contributed by atoms with E-state index in [0.717, 1.165) is 29.3 Å². The molecule has 4 nitrogen and oxygen atoms in total. The van der Waals surface area contributed by atoms with Gasteiger partial charge in [0.15, 0.2) is 5.96 Å². The maximum absolute atomic E-state index is 4.37. The molecule has 1 aromatic rings. The van der Waals surface area contributed by atoms with Gasteiger partial charge in [0.05, 0.1) is 6.54 Å². The molecule has 0 aliphatic heterocycles. The fourth-order valence-electron chi connectivity index (χ4n) is 2.96. The first-order valence-corrected chi connectivity index (χ1v) is 8.78. The van der Waals surface area contributed by atoms with Crippen molar-refractivity contribution in [2.24, 2.45) is 16.8 Å². The molecule has 1 aliphatic rings. The fourth-order valence-corrected chi connectivity index (χ4v) is 3.69. The molecule has 2 rings (SSSR count). The number of nitrogens with zero attached hydrogens (tertiary/aromatic N) is 2. The standard InChI is InChI=1S/C16H28N4S/c1-11(2)13-5-7-14(8-6-13)20-16(17-4)19-10-15-18-9-12(3)21-15/h9,11,13-14H,5-8,10H2,1-4H3,(H2,17,19,20). The second-order valence-electron chi connectivity index (χ2n) is 6.29. The van der Waals surface area contributed by atoms with E-state index in [-0.39, 0.29) is 0 Å². The summed E-state index contributed by atoms with van der Waals surface area (Å²) in [6, 6.07) is 0.559. The average Bonchev–Trinajstić information content (AvgIpc) is 2.89. The third kappa shape index (κ3) is 4.99. The molecular formula is C16H28N4S. The molecule has 1 fully saturated rings. The van der Waals surface area contributed by atoms with Crippen LogP contribution in [0.2, 0.25) is 0 Å². The fraction of sp³-hybridized carbons (Fsp3) is 0.750. The predicted octanol–water partition coefficient (Wildman–Crippen LogP) is 3.33. The summed E-state index contributed by atoms with van der Waals surface area (Å²) in [6.45, 7) is 7.52. The summed E-state index contributed by atoms with van der Waals surface area (Å²) < 4.78 is 0. The minimum absolute atomic E-state index is 0.559. The number of aliphatic imine (C=N–C) groups is 1. The van der Waals surface area contributed by atoms with Gasteiger partial charge in [0.2, 0.25) is 0 Å². The summed E-state index contributed by atoms with van der Waals surface area (Å²) in [5.41, 5.74) is 0. The van der Waals surface area contributed by atoms with Crippen LogP contribution in [-0.2, 0) is 6.54 Å². The Labute approximate surface area is 132 Å². The molecule has 0 atom stereocenters. The number of thiazole rings is 1. The van der Waals surface area contributed by atoms with Crippen LogP contribution in [-0.4, -0.2) is 24.0 Å². The van der Waals surface area contributed by atoms with Gasteiger partial charge < -0.3 is 10.6 Å². The summed E-state index contributed by atoms with van der Waals surface area (Å²) in [5, 5.41) is 8.04. The Bertz CT molecular complexity index is 459. The smallest absolute Gasteiger partial charge is 0.191 e. The summed E-state index contributed by atoms with van der Waals surface area (Å²) in [6.07, 6.45) is 7.08. The van der Waals surface area contributed by atoms with Crippen molar-refractivity contribution in [1.29, 1.82) is 0 Å². The molecular weight excluding hydrogens is 280 g/mol. The minimum atomic E-state index is 0.559. The first kappa shape index (κ1) is 16.3. The number of aromatic nitrogens is 1. The highest BCUT2D eigenvalue weighted by atomic mass is 32.1. The van der Waals surface area contributed by atoms with Crippen LogP contribution in [0.5, 0.6) is 0 Å². The maximum atomic E-state index is 4.37. The Balaban J connectivity index is 1.75. The van der Waals surface area contributed by atoms with E-state index in [4.69, 9.17) is 0 Å². The highest BCUT2D eigenvalue weighted by Gasteiger charge is 2.23. The van der Waals surface area contributed by atoms with Gasteiger partial charge in [0, 0.05) is 24.2 Å². The lowest BCUT2D eigenvalue weighted by molar-refractivity contribution is 0.250. The Morgan fingerprint density at radius 1 is 1.38 bits per heavy atom. The van der Waals surface area contributed by atoms with Crippen molar-refractivity contribution in [3.05, 3.63) is 16.1 Å². The zero-order valence-corrected chi connectivity index (χ0v) is 14.5. The van der Waals surface area contributed by atoms with E-state index < -0.39 is 0 Å². The highest BCUT2D eigenvalue weighted by Crippen LogP contribution is 2.29. The molecule has 0 radical (unpaired) electrons. The van der Waals surface area contributed by atoms with Crippen LogP contribution < -0.4 is 10.6 Å². The summed E-state index contributed by atoms with van der Waals surface area (Å²) in [5.74, 6) is 2.61. The van der Waals surface area contributed by atoms with Gasteiger partial charge >= 0.3 is 0 Å². The van der Waals surface area contributed by atoms with Crippen molar-refractivity contribution >= 4 is 17.3 Å². The topological polar surface area (TPSA) is 49.3 Å². The lowest BCUT2D eigenvalue weighted by Gasteiger charge is -2.32. The molecule has 0 spiro atoms. The van der Waals surface area contributed by atoms with Crippen molar-refractivity contribution < 1.29 is 0 Å². The lowest BCUT2D eigenvalue weighted by atomic mass is 9.80. The molecule has 0 amide bonds. The SMILES string of the molecule is CN=C(NCc1ncc(C)s1)NC1CCC(C(C)C)CC1. The normalized spacial score (nSPS) is 23.4. The van der Waals surface area contributed by atoms with Gasteiger partial charge in [-0.1, -0.05) is 13.8 Å². The zero-order chi connectivity index (χ0) is 15.2. The predicted molar refractivity (Wildman–Crippen MR) is 90.8 cm³/mol. The van der Waals surface area contributed by atoms with Crippen LogP contribution in [0.3, 0.4) is 0 Å². The molecule has 1 saturated carbocycles. The summed E-state index contributed by atoms with van der Waals surface area (Å²) >= 11 is 1.73. The van der Waals surface area contributed by atoms with Crippen LogP contribution in [0.1, 0.15) is 49.4 Å². The van der Waals surface area contributed by atoms with Gasteiger partial charge in [-0.3, -0.25) is 4.99 Å². The highest BCUT2D eigenvalue weighted by molar-refractivity contribution is 7.11. The number of nitrogens with one attached hydrogen (secondary N) is 2. The molecule has 0 bridgehead atoms. The van der Waals surface area contributed by atoms with Crippen molar-refractivity contribution in [2.45, 2.75) is 59.0 Å². The van der Waals surface area contributed by atoms with Gasteiger partial charge in [-0.15, -0.1) is 11.3 Å². The van der Waals surface area contributed by atoms with Crippen LogP contribution in [0.4, 0.5) is 0 Å². The maximum Gasteiger partial charge on any atom is 0.191 e. The molecule has 1 heterocycles. The van der Waals surface area contributed by atoms with Crippen LogP contribution in [0.15, 0.2) is 11.2 Å². The van der Waals surface area contributed by atoms with E-state index in [1.165, 1.54) is 30.6 Å². The number of guanidine groups is 1. The van der Waals surface area contributed by atoms with Crippen LogP contribution >= 0.6 is 11.3 Å². The quantitative estimate of drug-likeness (QED) is 0.662. The molecule has 1 aromatic heterocycles. The molecule has 0 aromatic carbocycles. The van der Waals surface area contributed by atoms with Crippen LogP contribution in [0, 0.1) is 18.8 Å². The lowest BCUT2D eigenvalue weighted by Crippen LogP contribution is -2.44. The molecule has 0 saturated heterocycles. The van der Waals surface area contributed by atoms with E-state index in [1.807, 2.05) is 13.2 Å². The van der Waals surface area contributed by atoms with Gasteiger partial charge in [-0.2, -0.15) is 0 Å².